The summed E-state index contributed by atoms with van der Waals surface area (Å²) in [6, 6.07) is 0. The highest BCUT2D eigenvalue weighted by Gasteiger charge is 2.44. The highest BCUT2D eigenvalue weighted by molar-refractivity contribution is 6.20. The highest BCUT2D eigenvalue weighted by atomic mass is 35.5. The smallest absolute Gasteiger partial charge is 0.0338 e. The summed E-state index contributed by atoms with van der Waals surface area (Å²) < 4.78 is 0. The molecule has 0 nitrogen and oxygen atoms in total. The van der Waals surface area contributed by atoms with E-state index in [2.05, 4.69) is 6.92 Å². The predicted molar refractivity (Wildman–Crippen MR) is 111 cm³/mol. The molecule has 0 saturated heterocycles. The molecule has 4 unspecified atom stereocenters. The number of fused-ring (bicyclic) bond motifs is 3. The Morgan fingerprint density at radius 1 is 0.640 bits per heavy atom. The Labute approximate surface area is 162 Å². The molecule has 0 heterocycles. The Bertz CT molecular complexity index is 365. The zero-order chi connectivity index (χ0) is 17.5. The van der Waals surface area contributed by atoms with Gasteiger partial charge in [-0.3, -0.25) is 0 Å². The first-order valence-corrected chi connectivity index (χ1v) is 12.4. The molecule has 0 N–H and O–H groups in total. The second kappa shape index (κ2) is 10.6. The highest BCUT2D eigenvalue weighted by Crippen LogP contribution is 2.53. The number of alkyl halides is 1. The average Bonchev–Trinajstić information content (AvgIpc) is 2.63. The molecular formula is C24H43Cl. The second-order valence-electron chi connectivity index (χ2n) is 9.78. The number of hydrogen-bond donors (Lipinski definition) is 0. The molecule has 0 aliphatic heterocycles. The molecule has 0 aromatic heterocycles. The van der Waals surface area contributed by atoms with E-state index < -0.39 is 0 Å². The first-order valence-electron chi connectivity index (χ1n) is 11.9. The summed E-state index contributed by atoms with van der Waals surface area (Å²) in [6.07, 6.45) is 25.1. The van der Waals surface area contributed by atoms with E-state index in [0.29, 0.717) is 5.38 Å². The Balaban J connectivity index is 1.30. The van der Waals surface area contributed by atoms with Crippen molar-refractivity contribution in [2.75, 3.05) is 0 Å². The van der Waals surface area contributed by atoms with Gasteiger partial charge in [-0.2, -0.15) is 0 Å². The zero-order valence-electron chi connectivity index (χ0n) is 16.9. The van der Waals surface area contributed by atoms with Crippen molar-refractivity contribution in [2.45, 2.75) is 121 Å². The second-order valence-corrected chi connectivity index (χ2v) is 10.4. The van der Waals surface area contributed by atoms with Crippen LogP contribution in [0.5, 0.6) is 0 Å². The van der Waals surface area contributed by atoms with E-state index in [0.717, 1.165) is 29.6 Å². The fraction of sp³-hybridized carbons (Fsp3) is 1.00. The molecule has 0 spiro atoms. The summed E-state index contributed by atoms with van der Waals surface area (Å²) in [7, 11) is 0. The lowest BCUT2D eigenvalue weighted by Crippen LogP contribution is -2.41. The Morgan fingerprint density at radius 2 is 1.24 bits per heavy atom. The van der Waals surface area contributed by atoms with E-state index in [1.165, 1.54) is 89.9 Å². The molecule has 3 aliphatic rings. The standard InChI is InChI=1S/C24H43Cl/c1-2-3-4-5-6-7-8-9-10-19-11-15-23-20(17-19)12-13-21-18-22(25)14-16-24(21)23/h19-24H,2-18H2,1H3/t19-,20?,21?,22-,23?,24?/m0/s1. The summed E-state index contributed by atoms with van der Waals surface area (Å²) in [6.45, 7) is 2.31. The third kappa shape index (κ3) is 5.88. The molecule has 0 bridgehead atoms. The fourth-order valence-electron chi connectivity index (χ4n) is 6.66. The normalized spacial score (nSPS) is 38.2. The number of hydrogen-bond acceptors (Lipinski definition) is 0. The summed E-state index contributed by atoms with van der Waals surface area (Å²) in [5.41, 5.74) is 0. The van der Waals surface area contributed by atoms with Crippen LogP contribution in [0.2, 0.25) is 0 Å². The third-order valence-corrected chi connectivity index (χ3v) is 8.45. The van der Waals surface area contributed by atoms with Gasteiger partial charge in [0, 0.05) is 5.38 Å². The fourth-order valence-corrected chi connectivity index (χ4v) is 7.02. The van der Waals surface area contributed by atoms with Crippen molar-refractivity contribution in [2.24, 2.45) is 29.6 Å². The van der Waals surface area contributed by atoms with Gasteiger partial charge in [0.2, 0.25) is 0 Å². The molecule has 0 aromatic carbocycles. The van der Waals surface area contributed by atoms with Crippen molar-refractivity contribution in [3.05, 3.63) is 0 Å². The summed E-state index contributed by atoms with van der Waals surface area (Å²) in [5.74, 6) is 5.28. The molecule has 0 aromatic rings. The minimum absolute atomic E-state index is 0.496. The van der Waals surface area contributed by atoms with Crippen molar-refractivity contribution in [3.8, 4) is 0 Å². The quantitative estimate of drug-likeness (QED) is 0.284. The van der Waals surface area contributed by atoms with E-state index in [1.54, 1.807) is 19.3 Å². The lowest BCUT2D eigenvalue weighted by molar-refractivity contribution is 0.0110. The SMILES string of the molecule is CCCCCCCCCC[C@H]1CCC2C(CCC3C[C@@H](Cl)CCC32)C1. The zero-order valence-corrected chi connectivity index (χ0v) is 17.6. The first kappa shape index (κ1) is 20.0. The minimum Gasteiger partial charge on any atom is -0.123 e. The summed E-state index contributed by atoms with van der Waals surface area (Å²) in [4.78, 5) is 0. The number of halogens is 1. The van der Waals surface area contributed by atoms with E-state index in [1.807, 2.05) is 0 Å². The van der Waals surface area contributed by atoms with Crippen molar-refractivity contribution >= 4 is 11.6 Å². The van der Waals surface area contributed by atoms with Crippen LogP contribution in [-0.4, -0.2) is 5.38 Å². The molecule has 25 heavy (non-hydrogen) atoms. The number of unbranched alkanes of at least 4 members (excludes halogenated alkanes) is 7. The Hall–Kier alpha value is 0.290. The van der Waals surface area contributed by atoms with Crippen LogP contribution in [0.15, 0.2) is 0 Å². The first-order chi connectivity index (χ1) is 12.3. The molecule has 3 fully saturated rings. The lowest BCUT2D eigenvalue weighted by Gasteiger charge is -2.50. The maximum absolute atomic E-state index is 6.45. The minimum atomic E-state index is 0.496. The van der Waals surface area contributed by atoms with E-state index in [4.69, 9.17) is 11.6 Å². The van der Waals surface area contributed by atoms with Crippen molar-refractivity contribution in [3.63, 3.8) is 0 Å². The van der Waals surface area contributed by atoms with Gasteiger partial charge in [-0.05, 0) is 74.5 Å². The van der Waals surface area contributed by atoms with Gasteiger partial charge in [0.05, 0.1) is 0 Å². The molecule has 0 radical (unpaired) electrons. The molecule has 6 atom stereocenters. The van der Waals surface area contributed by atoms with Gasteiger partial charge in [-0.15, -0.1) is 11.6 Å². The van der Waals surface area contributed by atoms with Crippen molar-refractivity contribution < 1.29 is 0 Å². The Morgan fingerprint density at radius 3 is 1.96 bits per heavy atom. The monoisotopic (exact) mass is 366 g/mol. The Kier molecular flexibility index (Phi) is 8.48. The van der Waals surface area contributed by atoms with Gasteiger partial charge in [0.25, 0.3) is 0 Å². The van der Waals surface area contributed by atoms with Crippen LogP contribution in [0.1, 0.15) is 116 Å². The van der Waals surface area contributed by atoms with E-state index in [9.17, 15) is 0 Å². The van der Waals surface area contributed by atoms with E-state index in [-0.39, 0.29) is 0 Å². The van der Waals surface area contributed by atoms with Crippen LogP contribution >= 0.6 is 11.6 Å². The lowest BCUT2D eigenvalue weighted by atomic mass is 9.56. The van der Waals surface area contributed by atoms with Gasteiger partial charge in [0.1, 0.15) is 0 Å². The van der Waals surface area contributed by atoms with E-state index >= 15 is 0 Å². The van der Waals surface area contributed by atoms with Gasteiger partial charge in [-0.1, -0.05) is 71.1 Å². The maximum Gasteiger partial charge on any atom is 0.0338 e. The van der Waals surface area contributed by atoms with Crippen LogP contribution in [-0.2, 0) is 0 Å². The largest absolute Gasteiger partial charge is 0.123 e. The van der Waals surface area contributed by atoms with Crippen LogP contribution < -0.4 is 0 Å². The molecular weight excluding hydrogens is 324 g/mol. The summed E-state index contributed by atoms with van der Waals surface area (Å²) >= 11 is 6.45. The molecule has 3 rings (SSSR count). The molecule has 146 valence electrons. The van der Waals surface area contributed by atoms with Crippen LogP contribution in [0.4, 0.5) is 0 Å². The average molecular weight is 367 g/mol. The van der Waals surface area contributed by atoms with Gasteiger partial charge >= 0.3 is 0 Å². The maximum atomic E-state index is 6.45. The van der Waals surface area contributed by atoms with Crippen molar-refractivity contribution in [1.29, 1.82) is 0 Å². The summed E-state index contributed by atoms with van der Waals surface area (Å²) in [5, 5.41) is 0.496. The molecule has 1 heteroatoms. The van der Waals surface area contributed by atoms with Crippen LogP contribution in [0.3, 0.4) is 0 Å². The van der Waals surface area contributed by atoms with Crippen LogP contribution in [0, 0.1) is 29.6 Å². The van der Waals surface area contributed by atoms with Gasteiger partial charge in [-0.25, -0.2) is 0 Å². The third-order valence-electron chi connectivity index (χ3n) is 8.05. The molecule has 3 saturated carbocycles. The topological polar surface area (TPSA) is 0 Å². The predicted octanol–water partition coefficient (Wildman–Crippen LogP) is 8.37. The van der Waals surface area contributed by atoms with Crippen molar-refractivity contribution in [1.82, 2.24) is 0 Å². The molecule has 0 amide bonds. The molecule has 3 aliphatic carbocycles. The van der Waals surface area contributed by atoms with Crippen LogP contribution in [0.25, 0.3) is 0 Å². The van der Waals surface area contributed by atoms with Gasteiger partial charge < -0.3 is 0 Å². The number of rotatable bonds is 9. The van der Waals surface area contributed by atoms with Gasteiger partial charge in [0.15, 0.2) is 0 Å².